The molecule has 0 bridgehead atoms. The van der Waals surface area contributed by atoms with Gasteiger partial charge in [-0.2, -0.15) is 4.57 Å². The first-order chi connectivity index (χ1) is 27.5. The van der Waals surface area contributed by atoms with Gasteiger partial charge in [0, 0.05) is 6.07 Å². The van der Waals surface area contributed by atoms with Crippen LogP contribution in [0.2, 0.25) is 0 Å². The minimum Gasteiger partial charge on any atom is -0.444 e. The highest BCUT2D eigenvalue weighted by Crippen LogP contribution is 2.31. The normalized spacial score (nSPS) is 11.6. The molecule has 0 fully saturated rings. The highest BCUT2D eigenvalue weighted by atomic mass is 19.2. The minimum atomic E-state index is -7.22. The summed E-state index contributed by atoms with van der Waals surface area (Å²) < 4.78 is 302. The predicted molar refractivity (Wildman–Crippen MR) is 166 cm³/mol. The molecule has 23 heteroatoms. The van der Waals surface area contributed by atoms with Gasteiger partial charge in [-0.25, -0.2) is 87.8 Å². The number of ether oxygens (including phenoxy) is 1. The summed E-state index contributed by atoms with van der Waals surface area (Å²) in [5.41, 5.74) is -14.3. The number of aryl methyl sites for hydroxylation is 1. The van der Waals surface area contributed by atoms with E-state index in [9.17, 15) is 52.7 Å². The molecule has 0 aliphatic carbocycles. The molecule has 2 nitrogen and oxygen atoms in total. The van der Waals surface area contributed by atoms with Crippen LogP contribution in [0.4, 0.5) is 87.8 Å². The summed E-state index contributed by atoms with van der Waals surface area (Å²) in [7, 11) is 2.00. The van der Waals surface area contributed by atoms with Crippen LogP contribution in [0.1, 0.15) is 6.92 Å². The highest BCUT2D eigenvalue weighted by Gasteiger charge is 2.52. The molecule has 0 radical (unpaired) electrons. The molecule has 0 aliphatic heterocycles. The summed E-state index contributed by atoms with van der Waals surface area (Å²) in [5, 5.41) is 2.38. The summed E-state index contributed by atoms with van der Waals surface area (Å²) in [6, 6.07) is 10.3. The summed E-state index contributed by atoms with van der Waals surface area (Å²) in [5.74, 6) is -70.5. The van der Waals surface area contributed by atoms with E-state index >= 15 is 35.1 Å². The SMILES string of the molecule is CCOc1c2ccccc2cc[n+]1C.Fc1c(F)c(F)c([B-](c2c(F)c(F)c(F)c(F)c2F)(c2c(F)c(F)c(F)c(F)c2F)c2c(F)c(F)c(F)c(F)c2F)c(F)c1F. The van der Waals surface area contributed by atoms with Crippen molar-refractivity contribution in [1.82, 2.24) is 0 Å². The third-order valence-electron chi connectivity index (χ3n) is 8.98. The van der Waals surface area contributed by atoms with Crippen LogP contribution in [0, 0.1) is 116 Å². The van der Waals surface area contributed by atoms with Crippen molar-refractivity contribution < 1.29 is 97.1 Å². The van der Waals surface area contributed by atoms with Crippen LogP contribution in [-0.4, -0.2) is 12.8 Å². The van der Waals surface area contributed by atoms with E-state index in [1.54, 1.807) is 0 Å². The van der Waals surface area contributed by atoms with Crippen LogP contribution in [0.25, 0.3) is 10.8 Å². The van der Waals surface area contributed by atoms with Gasteiger partial charge in [0.25, 0.3) is 0 Å². The third kappa shape index (κ3) is 6.53. The van der Waals surface area contributed by atoms with Crippen molar-refractivity contribution in [1.29, 1.82) is 0 Å². The summed E-state index contributed by atoms with van der Waals surface area (Å²) in [6.45, 7) is 2.70. The van der Waals surface area contributed by atoms with Gasteiger partial charge >= 0.3 is 5.88 Å². The fourth-order valence-electron chi connectivity index (χ4n) is 6.48. The van der Waals surface area contributed by atoms with Gasteiger partial charge in [0.2, 0.25) is 0 Å². The molecule has 312 valence electrons. The number of aromatic nitrogens is 1. The van der Waals surface area contributed by atoms with Crippen molar-refractivity contribution in [3.05, 3.63) is 153 Å². The quantitative estimate of drug-likeness (QED) is 0.0546. The molecule has 59 heavy (non-hydrogen) atoms. The topological polar surface area (TPSA) is 13.1 Å². The maximum atomic E-state index is 15.4. The molecule has 0 spiro atoms. The zero-order valence-electron chi connectivity index (χ0n) is 28.7. The van der Waals surface area contributed by atoms with Crippen molar-refractivity contribution in [2.24, 2.45) is 7.05 Å². The smallest absolute Gasteiger partial charge is 0.375 e. The fourth-order valence-corrected chi connectivity index (χ4v) is 6.48. The maximum Gasteiger partial charge on any atom is 0.375 e. The molecular formula is C36H14BF20NO. The number of nitrogens with zero attached hydrogens (tertiary/aromatic N) is 1. The van der Waals surface area contributed by atoms with Gasteiger partial charge in [-0.05, 0) is 18.4 Å². The lowest BCUT2D eigenvalue weighted by molar-refractivity contribution is -0.675. The van der Waals surface area contributed by atoms with Crippen molar-refractivity contribution in [2.45, 2.75) is 6.92 Å². The molecule has 0 N–H and O–H groups in total. The molecule has 0 atom stereocenters. The Morgan fingerprint density at radius 2 is 0.644 bits per heavy atom. The molecule has 0 aliphatic rings. The monoisotopic (exact) mass is 867 g/mol. The average Bonchev–Trinajstić information content (AvgIpc) is 3.22. The molecule has 0 saturated carbocycles. The van der Waals surface area contributed by atoms with Crippen LogP contribution in [0.5, 0.6) is 5.88 Å². The molecular weight excluding hydrogens is 853 g/mol. The van der Waals surface area contributed by atoms with E-state index in [4.69, 9.17) is 4.74 Å². The zero-order valence-corrected chi connectivity index (χ0v) is 28.7. The lowest BCUT2D eigenvalue weighted by Gasteiger charge is -2.44. The Morgan fingerprint density at radius 3 is 0.915 bits per heavy atom. The van der Waals surface area contributed by atoms with Crippen LogP contribution >= 0.6 is 0 Å². The van der Waals surface area contributed by atoms with Crippen molar-refractivity contribution in [3.8, 4) is 5.88 Å². The number of fused-ring (bicyclic) bond motifs is 1. The van der Waals surface area contributed by atoms with E-state index in [1.807, 2.05) is 36.9 Å². The van der Waals surface area contributed by atoms with E-state index in [2.05, 4.69) is 18.2 Å². The summed E-state index contributed by atoms with van der Waals surface area (Å²) in [4.78, 5) is 0. The number of halogens is 20. The second-order valence-electron chi connectivity index (χ2n) is 12.1. The highest BCUT2D eigenvalue weighted by molar-refractivity contribution is 7.20. The van der Waals surface area contributed by atoms with Crippen molar-refractivity contribution >= 4 is 38.8 Å². The predicted octanol–water partition coefficient (Wildman–Crippen LogP) is 7.91. The zero-order chi connectivity index (χ0) is 44.3. The Morgan fingerprint density at radius 1 is 0.390 bits per heavy atom. The molecule has 1 heterocycles. The Bertz CT molecular complexity index is 2320. The van der Waals surface area contributed by atoms with E-state index in [0.717, 1.165) is 5.88 Å². The Balaban J connectivity index is 0.000000395. The van der Waals surface area contributed by atoms with Crippen LogP contribution < -0.4 is 31.2 Å². The van der Waals surface area contributed by atoms with Gasteiger partial charge in [0.15, 0.2) is 76.0 Å². The molecule has 0 amide bonds. The number of benzene rings is 5. The van der Waals surface area contributed by atoms with Crippen molar-refractivity contribution in [2.75, 3.05) is 6.61 Å². The molecule has 6 rings (SSSR count). The van der Waals surface area contributed by atoms with Gasteiger partial charge in [-0.15, -0.1) is 21.9 Å². The Labute approximate surface area is 315 Å². The second-order valence-corrected chi connectivity index (χ2v) is 12.1. The number of rotatable bonds is 6. The van der Waals surface area contributed by atoms with Crippen LogP contribution in [0.15, 0.2) is 36.5 Å². The fraction of sp³-hybridized carbons (Fsp3) is 0.0833. The lowest BCUT2D eigenvalue weighted by Crippen LogP contribution is -2.81. The molecule has 1 aromatic heterocycles. The van der Waals surface area contributed by atoms with E-state index < -0.39 is 144 Å². The Kier molecular flexibility index (Phi) is 11.9. The molecule has 0 saturated heterocycles. The van der Waals surface area contributed by atoms with Gasteiger partial charge < -0.3 is 4.74 Å². The largest absolute Gasteiger partial charge is 0.444 e. The molecule has 6 aromatic rings. The van der Waals surface area contributed by atoms with Crippen molar-refractivity contribution in [3.63, 3.8) is 0 Å². The summed E-state index contributed by atoms with van der Waals surface area (Å²) >= 11 is 0. The van der Waals surface area contributed by atoms with Gasteiger partial charge in [0.05, 0.1) is 12.0 Å². The van der Waals surface area contributed by atoms with E-state index in [1.165, 1.54) is 10.8 Å². The average molecular weight is 867 g/mol. The molecule has 5 aromatic carbocycles. The van der Waals surface area contributed by atoms with E-state index in [0.29, 0.717) is 6.61 Å². The second kappa shape index (κ2) is 16.0. The molecule has 0 unspecified atom stereocenters. The summed E-state index contributed by atoms with van der Waals surface area (Å²) in [6.07, 6.45) is -5.20. The third-order valence-corrected chi connectivity index (χ3v) is 8.98. The number of hydrogen-bond acceptors (Lipinski definition) is 1. The van der Waals surface area contributed by atoms with E-state index in [-0.39, 0.29) is 0 Å². The van der Waals surface area contributed by atoms with Gasteiger partial charge in [0.1, 0.15) is 59.7 Å². The number of hydrogen-bond donors (Lipinski definition) is 0. The van der Waals surface area contributed by atoms with Crippen LogP contribution in [0.3, 0.4) is 0 Å². The van der Waals surface area contributed by atoms with Crippen LogP contribution in [-0.2, 0) is 7.05 Å². The lowest BCUT2D eigenvalue weighted by atomic mass is 9.12. The van der Waals surface area contributed by atoms with Gasteiger partial charge in [-0.1, -0.05) is 18.2 Å². The number of pyridine rings is 1. The first-order valence-electron chi connectivity index (χ1n) is 15.8. The van der Waals surface area contributed by atoms with Gasteiger partial charge in [-0.3, -0.25) is 0 Å². The first kappa shape index (κ1) is 44.1. The maximum absolute atomic E-state index is 15.4. The standard InChI is InChI=1S/C24BF20.C12H14NO/c26-5-1(6(27)14(35)21(42)13(5)34)25(2-7(28)15(36)22(43)16(37)8(2)29,3-9(30)17(38)23(44)18(39)10(3)31)4-11(32)19(40)24(45)20(41)12(4)33;1-3-14-12-11-7-5-4-6-10(11)8-9-13(12)2/h;4-9H,3H2,1-2H3/q-1;+1. The Hall–Kier alpha value is -6.03. The minimum absolute atomic E-state index is 0.696. The first-order valence-corrected chi connectivity index (χ1v) is 15.8.